The van der Waals surface area contributed by atoms with Gasteiger partial charge in [-0.05, 0) is 57.6 Å². The van der Waals surface area contributed by atoms with Crippen LogP contribution in [0, 0.1) is 0 Å². The molecule has 0 unspecified atom stereocenters. The van der Waals surface area contributed by atoms with Crippen molar-refractivity contribution in [2.24, 2.45) is 4.99 Å². The molecule has 2 N–H and O–H groups in total. The lowest BCUT2D eigenvalue weighted by atomic mass is 10.1. The van der Waals surface area contributed by atoms with Gasteiger partial charge in [0.1, 0.15) is 0 Å². The van der Waals surface area contributed by atoms with Crippen LogP contribution >= 0.6 is 0 Å². The summed E-state index contributed by atoms with van der Waals surface area (Å²) in [6.45, 7) is 9.47. The third kappa shape index (κ3) is 8.06. The van der Waals surface area contributed by atoms with E-state index < -0.39 is 11.7 Å². The molecule has 0 bridgehead atoms. The number of nitrogens with zero attached hydrogens (tertiary/aromatic N) is 3. The number of nitrogens with one attached hydrogen (secondary N) is 2. The molecule has 0 aliphatic carbocycles. The fourth-order valence-corrected chi connectivity index (χ4v) is 3.15. The topological polar surface area (TPSA) is 42.9 Å². The van der Waals surface area contributed by atoms with E-state index in [1.807, 2.05) is 6.92 Å². The zero-order valence-electron chi connectivity index (χ0n) is 16.9. The number of benzene rings is 1. The maximum absolute atomic E-state index is 12.6. The number of hydrogen-bond donors (Lipinski definition) is 2. The quantitative estimate of drug-likeness (QED) is 0.546. The smallest absolute Gasteiger partial charge is 0.357 e. The Bertz CT molecular complexity index is 601. The molecule has 1 aromatic rings. The molecular formula is C20H32F3N5. The van der Waals surface area contributed by atoms with Gasteiger partial charge in [0.15, 0.2) is 5.96 Å². The summed E-state index contributed by atoms with van der Waals surface area (Å²) in [7, 11) is 2.16. The first-order chi connectivity index (χ1) is 13.4. The average Bonchev–Trinajstić information content (AvgIpc) is 2.86. The minimum absolute atomic E-state index is 0.612. The SMILES string of the molecule is CCNC(=NCCN1CCCN(C)CC1)NCCc1ccc(C(F)(F)F)cc1. The van der Waals surface area contributed by atoms with Gasteiger partial charge in [-0.3, -0.25) is 4.99 Å². The van der Waals surface area contributed by atoms with Gasteiger partial charge in [0.25, 0.3) is 0 Å². The van der Waals surface area contributed by atoms with Crippen LogP contribution in [-0.4, -0.2) is 75.2 Å². The number of alkyl halides is 3. The third-order valence-corrected chi connectivity index (χ3v) is 4.83. The molecule has 1 heterocycles. The number of guanidine groups is 1. The molecule has 0 atom stereocenters. The molecule has 158 valence electrons. The monoisotopic (exact) mass is 399 g/mol. The Hall–Kier alpha value is -1.80. The van der Waals surface area contributed by atoms with Gasteiger partial charge < -0.3 is 20.4 Å². The second-order valence-corrected chi connectivity index (χ2v) is 7.13. The van der Waals surface area contributed by atoms with E-state index >= 15 is 0 Å². The summed E-state index contributed by atoms with van der Waals surface area (Å²) in [5, 5.41) is 6.48. The number of hydrogen-bond acceptors (Lipinski definition) is 3. The fraction of sp³-hybridized carbons (Fsp3) is 0.650. The van der Waals surface area contributed by atoms with Gasteiger partial charge in [0.05, 0.1) is 12.1 Å². The van der Waals surface area contributed by atoms with Crippen molar-refractivity contribution < 1.29 is 13.2 Å². The van der Waals surface area contributed by atoms with Crippen molar-refractivity contribution in [2.45, 2.75) is 25.9 Å². The molecule has 0 amide bonds. The number of rotatable bonds is 7. The number of likely N-dealkylation sites (N-methyl/N-ethyl adjacent to an activating group) is 1. The highest BCUT2D eigenvalue weighted by atomic mass is 19.4. The maximum atomic E-state index is 12.6. The van der Waals surface area contributed by atoms with Crippen molar-refractivity contribution in [2.75, 3.05) is 59.4 Å². The van der Waals surface area contributed by atoms with Crippen molar-refractivity contribution >= 4 is 5.96 Å². The summed E-state index contributed by atoms with van der Waals surface area (Å²) in [5.74, 6) is 0.751. The van der Waals surface area contributed by atoms with Crippen molar-refractivity contribution in [1.29, 1.82) is 0 Å². The van der Waals surface area contributed by atoms with Crippen LogP contribution in [0.2, 0.25) is 0 Å². The van der Waals surface area contributed by atoms with Crippen LogP contribution in [0.25, 0.3) is 0 Å². The molecule has 1 aliphatic heterocycles. The molecule has 1 aromatic carbocycles. The van der Waals surface area contributed by atoms with Crippen LogP contribution in [-0.2, 0) is 12.6 Å². The summed E-state index contributed by atoms with van der Waals surface area (Å²) in [4.78, 5) is 9.43. The Balaban J connectivity index is 1.76. The van der Waals surface area contributed by atoms with E-state index in [2.05, 4.69) is 32.5 Å². The molecule has 0 radical (unpaired) electrons. The van der Waals surface area contributed by atoms with E-state index in [0.717, 1.165) is 69.5 Å². The summed E-state index contributed by atoms with van der Waals surface area (Å²) in [6, 6.07) is 5.33. The number of halogens is 3. The zero-order chi connectivity index (χ0) is 20.4. The minimum Gasteiger partial charge on any atom is -0.357 e. The lowest BCUT2D eigenvalue weighted by molar-refractivity contribution is -0.137. The summed E-state index contributed by atoms with van der Waals surface area (Å²) < 4.78 is 37.8. The van der Waals surface area contributed by atoms with Crippen LogP contribution in [0.5, 0.6) is 0 Å². The third-order valence-electron chi connectivity index (χ3n) is 4.83. The Morgan fingerprint density at radius 1 is 1.07 bits per heavy atom. The van der Waals surface area contributed by atoms with Gasteiger partial charge >= 0.3 is 6.18 Å². The Morgan fingerprint density at radius 2 is 1.82 bits per heavy atom. The standard InChI is InChI=1S/C20H32F3N5/c1-3-24-19(26-11-14-28-13-4-12-27(2)15-16-28)25-10-9-17-5-7-18(8-6-17)20(21,22)23/h5-8H,3-4,9-16H2,1-2H3,(H2,24,25,26). The highest BCUT2D eigenvalue weighted by Crippen LogP contribution is 2.29. The Kier molecular flexibility index (Phi) is 9.05. The van der Waals surface area contributed by atoms with Crippen molar-refractivity contribution in [3.05, 3.63) is 35.4 Å². The van der Waals surface area contributed by atoms with E-state index in [-0.39, 0.29) is 0 Å². The molecule has 0 spiro atoms. The Labute approximate surface area is 166 Å². The second kappa shape index (κ2) is 11.3. The highest BCUT2D eigenvalue weighted by Gasteiger charge is 2.29. The average molecular weight is 400 g/mol. The molecule has 5 nitrogen and oxygen atoms in total. The van der Waals surface area contributed by atoms with Crippen molar-refractivity contribution in [1.82, 2.24) is 20.4 Å². The van der Waals surface area contributed by atoms with Gasteiger partial charge in [-0.25, -0.2) is 0 Å². The van der Waals surface area contributed by atoms with Crippen molar-refractivity contribution in [3.63, 3.8) is 0 Å². The van der Waals surface area contributed by atoms with Crippen LogP contribution in [0.1, 0.15) is 24.5 Å². The first kappa shape index (κ1) is 22.5. The van der Waals surface area contributed by atoms with E-state index in [1.54, 1.807) is 0 Å². The predicted octanol–water partition coefficient (Wildman–Crippen LogP) is 2.44. The first-order valence-corrected chi connectivity index (χ1v) is 9.97. The molecule has 2 rings (SSSR count). The molecule has 0 saturated carbocycles. The summed E-state index contributed by atoms with van der Waals surface area (Å²) >= 11 is 0. The molecule has 1 saturated heterocycles. The minimum atomic E-state index is -4.29. The van der Waals surface area contributed by atoms with E-state index in [4.69, 9.17) is 0 Å². The van der Waals surface area contributed by atoms with E-state index in [0.29, 0.717) is 13.0 Å². The molecular weight excluding hydrogens is 367 g/mol. The zero-order valence-corrected chi connectivity index (χ0v) is 16.9. The van der Waals surface area contributed by atoms with Crippen LogP contribution in [0.3, 0.4) is 0 Å². The van der Waals surface area contributed by atoms with Crippen LogP contribution < -0.4 is 10.6 Å². The molecule has 1 aliphatic rings. The van der Waals surface area contributed by atoms with Gasteiger partial charge in [-0.15, -0.1) is 0 Å². The number of aliphatic imine (C=N–C) groups is 1. The predicted molar refractivity (Wildman–Crippen MR) is 108 cm³/mol. The fourth-order valence-electron chi connectivity index (χ4n) is 3.15. The highest BCUT2D eigenvalue weighted by molar-refractivity contribution is 5.79. The maximum Gasteiger partial charge on any atom is 0.416 e. The molecule has 28 heavy (non-hydrogen) atoms. The lowest BCUT2D eigenvalue weighted by Crippen LogP contribution is -2.39. The lowest BCUT2D eigenvalue weighted by Gasteiger charge is -2.19. The molecule has 1 fully saturated rings. The molecule has 8 heteroatoms. The first-order valence-electron chi connectivity index (χ1n) is 9.97. The van der Waals surface area contributed by atoms with Crippen molar-refractivity contribution in [3.8, 4) is 0 Å². The van der Waals surface area contributed by atoms with E-state index in [9.17, 15) is 13.2 Å². The van der Waals surface area contributed by atoms with E-state index in [1.165, 1.54) is 18.6 Å². The van der Waals surface area contributed by atoms with Gasteiger partial charge in [0, 0.05) is 32.7 Å². The largest absolute Gasteiger partial charge is 0.416 e. The second-order valence-electron chi connectivity index (χ2n) is 7.13. The normalized spacial score (nSPS) is 17.4. The Morgan fingerprint density at radius 3 is 2.50 bits per heavy atom. The van der Waals surface area contributed by atoms with Gasteiger partial charge in [0.2, 0.25) is 0 Å². The summed E-state index contributed by atoms with van der Waals surface area (Å²) in [5.41, 5.74) is 0.254. The van der Waals surface area contributed by atoms with Gasteiger partial charge in [-0.1, -0.05) is 12.1 Å². The van der Waals surface area contributed by atoms with Gasteiger partial charge in [-0.2, -0.15) is 13.2 Å². The van der Waals surface area contributed by atoms with Crippen LogP contribution in [0.15, 0.2) is 29.3 Å². The van der Waals surface area contributed by atoms with Crippen LogP contribution in [0.4, 0.5) is 13.2 Å². The summed E-state index contributed by atoms with van der Waals surface area (Å²) in [6.07, 6.45) is -2.46. The molecule has 0 aromatic heterocycles.